The lowest BCUT2D eigenvalue weighted by atomic mass is 9.81. The summed E-state index contributed by atoms with van der Waals surface area (Å²) in [6.07, 6.45) is 7.85. The summed E-state index contributed by atoms with van der Waals surface area (Å²) in [7, 11) is 0. The minimum Gasteiger partial charge on any atom is -0.297 e. The predicted octanol–water partition coefficient (Wildman–Crippen LogP) is 3.24. The molecule has 0 saturated heterocycles. The average Bonchev–Trinajstić information content (AvgIpc) is 2.33. The molecule has 0 bridgehead atoms. The summed E-state index contributed by atoms with van der Waals surface area (Å²) in [5.41, 5.74) is 2.92. The van der Waals surface area contributed by atoms with Crippen molar-refractivity contribution < 1.29 is 0 Å². The van der Waals surface area contributed by atoms with Crippen molar-refractivity contribution in [2.24, 2.45) is 0 Å². The van der Waals surface area contributed by atoms with Gasteiger partial charge in [-0.05, 0) is 36.8 Å². The van der Waals surface area contributed by atoms with Crippen molar-refractivity contribution in [3.8, 4) is 12.3 Å². The van der Waals surface area contributed by atoms with Gasteiger partial charge in [-0.25, -0.2) is 0 Å². The third kappa shape index (κ3) is 2.13. The SMILES string of the molecule is C#CC(C)NC1CCC(C)c2ccccc21. The average molecular weight is 213 g/mol. The first-order chi connectivity index (χ1) is 7.72. The van der Waals surface area contributed by atoms with Crippen molar-refractivity contribution in [2.75, 3.05) is 0 Å². The van der Waals surface area contributed by atoms with E-state index in [1.54, 1.807) is 0 Å². The smallest absolute Gasteiger partial charge is 0.0663 e. The van der Waals surface area contributed by atoms with E-state index >= 15 is 0 Å². The molecule has 0 heterocycles. The molecule has 16 heavy (non-hydrogen) atoms. The van der Waals surface area contributed by atoms with Gasteiger partial charge in [-0.2, -0.15) is 0 Å². The maximum absolute atomic E-state index is 5.42. The Bertz CT molecular complexity index is 402. The highest BCUT2D eigenvalue weighted by Gasteiger charge is 2.24. The zero-order valence-corrected chi connectivity index (χ0v) is 10.0. The van der Waals surface area contributed by atoms with E-state index in [-0.39, 0.29) is 6.04 Å². The Kier molecular flexibility index (Phi) is 3.31. The zero-order chi connectivity index (χ0) is 11.5. The van der Waals surface area contributed by atoms with Crippen LogP contribution in [0.15, 0.2) is 24.3 Å². The first-order valence-electron chi connectivity index (χ1n) is 6.03. The van der Waals surface area contributed by atoms with E-state index in [4.69, 9.17) is 6.42 Å². The molecule has 0 saturated carbocycles. The molecule has 1 aromatic carbocycles. The Labute approximate surface area is 98.3 Å². The molecule has 84 valence electrons. The highest BCUT2D eigenvalue weighted by atomic mass is 14.9. The largest absolute Gasteiger partial charge is 0.297 e. The van der Waals surface area contributed by atoms with Gasteiger partial charge in [0.15, 0.2) is 0 Å². The highest BCUT2D eigenvalue weighted by Crippen LogP contribution is 2.37. The summed E-state index contributed by atoms with van der Waals surface area (Å²) in [5, 5.41) is 3.51. The number of benzene rings is 1. The zero-order valence-electron chi connectivity index (χ0n) is 10.0. The fourth-order valence-electron chi connectivity index (χ4n) is 2.53. The maximum Gasteiger partial charge on any atom is 0.0663 e. The molecule has 3 atom stereocenters. The topological polar surface area (TPSA) is 12.0 Å². The molecule has 3 unspecified atom stereocenters. The van der Waals surface area contributed by atoms with Crippen LogP contribution in [0.5, 0.6) is 0 Å². The Morgan fingerprint density at radius 1 is 1.31 bits per heavy atom. The Balaban J connectivity index is 2.25. The third-order valence-corrected chi connectivity index (χ3v) is 3.49. The standard InChI is InChI=1S/C15H19N/c1-4-12(3)16-15-10-9-11(2)13-7-5-6-8-14(13)15/h1,5-8,11-12,15-16H,9-10H2,2-3H3. The van der Waals surface area contributed by atoms with Crippen molar-refractivity contribution in [2.45, 2.75) is 44.7 Å². The summed E-state index contributed by atoms with van der Waals surface area (Å²) in [4.78, 5) is 0. The number of fused-ring (bicyclic) bond motifs is 1. The molecule has 1 aliphatic carbocycles. The van der Waals surface area contributed by atoms with E-state index < -0.39 is 0 Å². The van der Waals surface area contributed by atoms with Gasteiger partial charge < -0.3 is 0 Å². The molecule has 1 N–H and O–H groups in total. The second-order valence-electron chi connectivity index (χ2n) is 4.71. The number of nitrogens with one attached hydrogen (secondary N) is 1. The molecule has 0 amide bonds. The molecule has 0 spiro atoms. The molecule has 2 rings (SSSR count). The van der Waals surface area contributed by atoms with Crippen molar-refractivity contribution in [3.63, 3.8) is 0 Å². The monoisotopic (exact) mass is 213 g/mol. The fourth-order valence-corrected chi connectivity index (χ4v) is 2.53. The maximum atomic E-state index is 5.42. The van der Waals surface area contributed by atoms with Crippen LogP contribution in [-0.2, 0) is 0 Å². The van der Waals surface area contributed by atoms with Crippen molar-refractivity contribution >= 4 is 0 Å². The van der Waals surface area contributed by atoms with Crippen LogP contribution in [-0.4, -0.2) is 6.04 Å². The molecule has 0 aromatic heterocycles. The summed E-state index contributed by atoms with van der Waals surface area (Å²) in [5.74, 6) is 3.42. The molecule has 1 heteroatoms. The molecule has 1 aliphatic rings. The number of hydrogen-bond acceptors (Lipinski definition) is 1. The summed E-state index contributed by atoms with van der Waals surface area (Å²) in [6, 6.07) is 9.29. The van der Waals surface area contributed by atoms with E-state index in [9.17, 15) is 0 Å². The fraction of sp³-hybridized carbons (Fsp3) is 0.467. The van der Waals surface area contributed by atoms with E-state index in [0.717, 1.165) is 0 Å². The predicted molar refractivity (Wildman–Crippen MR) is 68.3 cm³/mol. The second kappa shape index (κ2) is 4.72. The quantitative estimate of drug-likeness (QED) is 0.744. The molecule has 1 aromatic rings. The van der Waals surface area contributed by atoms with Gasteiger partial charge in [0.05, 0.1) is 6.04 Å². The van der Waals surface area contributed by atoms with Crippen molar-refractivity contribution in [1.29, 1.82) is 0 Å². The molecule has 1 nitrogen and oxygen atoms in total. The van der Waals surface area contributed by atoms with Crippen LogP contribution < -0.4 is 5.32 Å². The van der Waals surface area contributed by atoms with Gasteiger partial charge >= 0.3 is 0 Å². The minimum atomic E-state index is 0.145. The van der Waals surface area contributed by atoms with Gasteiger partial charge in [0, 0.05) is 6.04 Å². The lowest BCUT2D eigenvalue weighted by Crippen LogP contribution is -2.32. The van der Waals surface area contributed by atoms with Crippen LogP contribution in [0.25, 0.3) is 0 Å². The number of terminal acetylenes is 1. The van der Waals surface area contributed by atoms with Crippen molar-refractivity contribution in [3.05, 3.63) is 35.4 Å². The van der Waals surface area contributed by atoms with Crippen molar-refractivity contribution in [1.82, 2.24) is 5.32 Å². The Morgan fingerprint density at radius 2 is 2.00 bits per heavy atom. The third-order valence-electron chi connectivity index (χ3n) is 3.49. The van der Waals surface area contributed by atoms with Gasteiger partial charge in [0.25, 0.3) is 0 Å². The van der Waals surface area contributed by atoms with Crippen LogP contribution >= 0.6 is 0 Å². The van der Waals surface area contributed by atoms with E-state index in [1.807, 2.05) is 6.92 Å². The van der Waals surface area contributed by atoms with Gasteiger partial charge in [-0.15, -0.1) is 6.42 Å². The first kappa shape index (κ1) is 11.2. The van der Waals surface area contributed by atoms with Crippen LogP contribution in [0.4, 0.5) is 0 Å². The molecular weight excluding hydrogens is 194 g/mol. The number of rotatable bonds is 2. The van der Waals surface area contributed by atoms with Crippen LogP contribution in [0.3, 0.4) is 0 Å². The second-order valence-corrected chi connectivity index (χ2v) is 4.71. The molecule has 0 aliphatic heterocycles. The summed E-state index contributed by atoms with van der Waals surface area (Å²) >= 11 is 0. The van der Waals surface area contributed by atoms with E-state index in [0.29, 0.717) is 12.0 Å². The van der Waals surface area contributed by atoms with Gasteiger partial charge in [-0.3, -0.25) is 5.32 Å². The normalized spacial score (nSPS) is 25.6. The van der Waals surface area contributed by atoms with Gasteiger partial charge in [0.1, 0.15) is 0 Å². The van der Waals surface area contributed by atoms with Crippen LogP contribution in [0, 0.1) is 12.3 Å². The van der Waals surface area contributed by atoms with E-state index in [2.05, 4.69) is 42.4 Å². The van der Waals surface area contributed by atoms with Gasteiger partial charge in [0.2, 0.25) is 0 Å². The molecular formula is C15H19N. The Morgan fingerprint density at radius 3 is 2.69 bits per heavy atom. The van der Waals surface area contributed by atoms with Crippen LogP contribution in [0.2, 0.25) is 0 Å². The highest BCUT2D eigenvalue weighted by molar-refractivity contribution is 5.35. The summed E-state index contributed by atoms with van der Waals surface area (Å²) < 4.78 is 0. The van der Waals surface area contributed by atoms with Crippen LogP contribution in [0.1, 0.15) is 49.8 Å². The van der Waals surface area contributed by atoms with E-state index in [1.165, 1.54) is 24.0 Å². The lowest BCUT2D eigenvalue weighted by Gasteiger charge is -2.31. The Hall–Kier alpha value is -1.26. The summed E-state index contributed by atoms with van der Waals surface area (Å²) in [6.45, 7) is 4.35. The number of hydrogen-bond donors (Lipinski definition) is 1. The molecule has 0 fully saturated rings. The molecule has 0 radical (unpaired) electrons. The lowest BCUT2D eigenvalue weighted by molar-refractivity contribution is 0.420. The minimum absolute atomic E-state index is 0.145. The van der Waals surface area contributed by atoms with Gasteiger partial charge in [-0.1, -0.05) is 37.1 Å². The first-order valence-corrected chi connectivity index (χ1v) is 6.03.